The second-order valence-corrected chi connectivity index (χ2v) is 2.51. The molecule has 2 radical (unpaired) electrons. The quantitative estimate of drug-likeness (QED) is 0.527. The zero-order valence-corrected chi connectivity index (χ0v) is 7.30. The molecule has 0 bridgehead atoms. The fourth-order valence-electron chi connectivity index (χ4n) is 0.839. The lowest BCUT2D eigenvalue weighted by Crippen LogP contribution is -2.30. The molecule has 0 unspecified atom stereocenters. The van der Waals surface area contributed by atoms with Crippen molar-refractivity contribution in [1.82, 2.24) is 9.80 Å². The van der Waals surface area contributed by atoms with E-state index in [2.05, 4.69) is 18.7 Å². The summed E-state index contributed by atoms with van der Waals surface area (Å²) >= 11 is 0. The molecule has 0 aromatic carbocycles. The summed E-state index contributed by atoms with van der Waals surface area (Å²) in [7, 11) is 7.35. The lowest BCUT2D eigenvalue weighted by Gasteiger charge is -2.19. The predicted octanol–water partition coefficient (Wildman–Crippen LogP) is 0.929. The van der Waals surface area contributed by atoms with E-state index < -0.39 is 0 Å². The van der Waals surface area contributed by atoms with Crippen LogP contribution < -0.4 is 0 Å². The van der Waals surface area contributed by atoms with Crippen LogP contribution in [0.2, 0.25) is 0 Å². The third-order valence-electron chi connectivity index (χ3n) is 1.66. The SMILES string of the molecule is [CH]N(C)CCN(CC)CC. The van der Waals surface area contributed by atoms with Crippen LogP contribution in [-0.4, -0.2) is 43.0 Å². The van der Waals surface area contributed by atoms with Crippen LogP contribution in [0.1, 0.15) is 13.8 Å². The van der Waals surface area contributed by atoms with Gasteiger partial charge in [-0.15, -0.1) is 0 Å². The van der Waals surface area contributed by atoms with Crippen molar-refractivity contribution in [3.63, 3.8) is 0 Å². The van der Waals surface area contributed by atoms with E-state index in [1.165, 1.54) is 0 Å². The average Bonchev–Trinajstić information content (AvgIpc) is 1.90. The molecule has 0 amide bonds. The Hall–Kier alpha value is -0.0800. The van der Waals surface area contributed by atoms with Crippen molar-refractivity contribution in [3.8, 4) is 0 Å². The number of hydrogen-bond donors (Lipinski definition) is 0. The van der Waals surface area contributed by atoms with E-state index >= 15 is 0 Å². The van der Waals surface area contributed by atoms with Crippen molar-refractivity contribution >= 4 is 0 Å². The summed E-state index contributed by atoms with van der Waals surface area (Å²) in [6, 6.07) is 0. The van der Waals surface area contributed by atoms with Gasteiger partial charge in [0, 0.05) is 20.1 Å². The van der Waals surface area contributed by atoms with Crippen molar-refractivity contribution in [2.75, 3.05) is 33.2 Å². The van der Waals surface area contributed by atoms with Crippen LogP contribution in [0, 0.1) is 7.05 Å². The van der Waals surface area contributed by atoms with Crippen LogP contribution in [0.15, 0.2) is 0 Å². The van der Waals surface area contributed by atoms with Gasteiger partial charge in [0.05, 0.1) is 0 Å². The first-order chi connectivity index (χ1) is 4.70. The molecule has 10 heavy (non-hydrogen) atoms. The molecule has 0 N–H and O–H groups in total. The van der Waals surface area contributed by atoms with Gasteiger partial charge < -0.3 is 4.90 Å². The Kier molecular flexibility index (Phi) is 5.64. The van der Waals surface area contributed by atoms with Gasteiger partial charge in [-0.25, -0.2) is 0 Å². The maximum atomic E-state index is 5.46. The third kappa shape index (κ3) is 4.77. The van der Waals surface area contributed by atoms with E-state index in [4.69, 9.17) is 7.05 Å². The molecule has 60 valence electrons. The van der Waals surface area contributed by atoms with Gasteiger partial charge in [-0.05, 0) is 20.1 Å². The van der Waals surface area contributed by atoms with E-state index in [0.717, 1.165) is 26.2 Å². The topological polar surface area (TPSA) is 6.48 Å². The fraction of sp³-hybridized carbons (Fsp3) is 0.875. The van der Waals surface area contributed by atoms with Crippen LogP contribution in [0.25, 0.3) is 0 Å². The number of likely N-dealkylation sites (N-methyl/N-ethyl adjacent to an activating group) is 2. The highest BCUT2D eigenvalue weighted by Gasteiger charge is 1.97. The average molecular weight is 142 g/mol. The Labute approximate surface area is 64.8 Å². The monoisotopic (exact) mass is 142 g/mol. The molecular weight excluding hydrogens is 124 g/mol. The van der Waals surface area contributed by atoms with E-state index in [-0.39, 0.29) is 0 Å². The smallest absolute Gasteiger partial charge is 0.0436 e. The minimum atomic E-state index is 0.946. The summed E-state index contributed by atoms with van der Waals surface area (Å²) in [5.41, 5.74) is 0. The largest absolute Gasteiger partial charge is 0.303 e. The molecule has 0 heterocycles. The summed E-state index contributed by atoms with van der Waals surface area (Å²) in [4.78, 5) is 4.07. The molecular formula is C8H18N2. The van der Waals surface area contributed by atoms with Gasteiger partial charge in [0.1, 0.15) is 0 Å². The Morgan fingerprint density at radius 3 is 1.90 bits per heavy atom. The first kappa shape index (κ1) is 9.92. The molecule has 2 nitrogen and oxygen atoms in total. The van der Waals surface area contributed by atoms with E-state index in [9.17, 15) is 0 Å². The summed E-state index contributed by atoms with van der Waals surface area (Å²) < 4.78 is 0. The number of hydrogen-bond acceptors (Lipinski definition) is 2. The third-order valence-corrected chi connectivity index (χ3v) is 1.66. The predicted molar refractivity (Wildman–Crippen MR) is 44.7 cm³/mol. The van der Waals surface area contributed by atoms with Gasteiger partial charge in [0.15, 0.2) is 0 Å². The Morgan fingerprint density at radius 2 is 1.60 bits per heavy atom. The first-order valence-electron chi connectivity index (χ1n) is 3.88. The number of rotatable bonds is 5. The molecule has 0 spiro atoms. The van der Waals surface area contributed by atoms with Crippen LogP contribution in [-0.2, 0) is 0 Å². The van der Waals surface area contributed by atoms with Crippen LogP contribution >= 0.6 is 0 Å². The Morgan fingerprint density at radius 1 is 1.10 bits per heavy atom. The van der Waals surface area contributed by atoms with Crippen molar-refractivity contribution < 1.29 is 0 Å². The molecule has 0 rings (SSSR count). The van der Waals surface area contributed by atoms with Gasteiger partial charge in [-0.1, -0.05) is 13.8 Å². The van der Waals surface area contributed by atoms with E-state index in [0.29, 0.717) is 0 Å². The zero-order chi connectivity index (χ0) is 7.98. The lowest BCUT2D eigenvalue weighted by molar-refractivity contribution is 0.270. The minimum Gasteiger partial charge on any atom is -0.303 e. The molecule has 0 aromatic heterocycles. The number of nitrogens with zero attached hydrogens (tertiary/aromatic N) is 2. The highest BCUT2D eigenvalue weighted by Crippen LogP contribution is 1.86. The summed E-state index contributed by atoms with van der Waals surface area (Å²) in [6.45, 7) is 8.58. The van der Waals surface area contributed by atoms with Crippen molar-refractivity contribution in [3.05, 3.63) is 7.05 Å². The highest BCUT2D eigenvalue weighted by molar-refractivity contribution is 4.55. The second kappa shape index (κ2) is 5.69. The van der Waals surface area contributed by atoms with E-state index in [1.54, 1.807) is 4.90 Å². The Balaban J connectivity index is 3.26. The molecule has 0 saturated heterocycles. The molecule has 0 saturated carbocycles. The summed E-state index contributed by atoms with van der Waals surface area (Å²) in [5.74, 6) is 0. The zero-order valence-electron chi connectivity index (χ0n) is 7.30. The normalized spacial score (nSPS) is 11.4. The summed E-state index contributed by atoms with van der Waals surface area (Å²) in [6.07, 6.45) is 0. The molecule has 0 aromatic rings. The van der Waals surface area contributed by atoms with Gasteiger partial charge in [-0.2, -0.15) is 0 Å². The van der Waals surface area contributed by atoms with Gasteiger partial charge >= 0.3 is 0 Å². The van der Waals surface area contributed by atoms with Gasteiger partial charge in [0.2, 0.25) is 0 Å². The van der Waals surface area contributed by atoms with Gasteiger partial charge in [-0.3, -0.25) is 4.90 Å². The lowest BCUT2D eigenvalue weighted by atomic mass is 10.4. The van der Waals surface area contributed by atoms with Crippen LogP contribution in [0.5, 0.6) is 0 Å². The molecule has 0 atom stereocenters. The molecule has 0 aliphatic carbocycles. The minimum absolute atomic E-state index is 0.946. The maximum absolute atomic E-state index is 5.46. The van der Waals surface area contributed by atoms with Crippen LogP contribution in [0.3, 0.4) is 0 Å². The Bertz CT molecular complexity index is 67.7. The van der Waals surface area contributed by atoms with Crippen molar-refractivity contribution in [2.24, 2.45) is 0 Å². The fourth-order valence-corrected chi connectivity index (χ4v) is 0.839. The second-order valence-electron chi connectivity index (χ2n) is 2.51. The molecule has 0 aliphatic rings. The standard InChI is InChI=1S/C8H18N2/c1-5-10(6-2)8-7-9(3)4/h3H,5-8H2,1-2,4H3. The summed E-state index contributed by atoms with van der Waals surface area (Å²) in [5, 5.41) is 0. The molecule has 0 aliphatic heterocycles. The maximum Gasteiger partial charge on any atom is 0.0436 e. The molecule has 0 fully saturated rings. The van der Waals surface area contributed by atoms with Gasteiger partial charge in [0.25, 0.3) is 0 Å². The first-order valence-corrected chi connectivity index (χ1v) is 3.88. The highest BCUT2D eigenvalue weighted by atomic mass is 15.2. The van der Waals surface area contributed by atoms with E-state index in [1.807, 2.05) is 7.05 Å². The van der Waals surface area contributed by atoms with Crippen LogP contribution in [0.4, 0.5) is 0 Å². The van der Waals surface area contributed by atoms with Crippen molar-refractivity contribution in [2.45, 2.75) is 13.8 Å². The molecule has 2 heteroatoms. The van der Waals surface area contributed by atoms with Crippen molar-refractivity contribution in [1.29, 1.82) is 0 Å².